The summed E-state index contributed by atoms with van der Waals surface area (Å²) in [5.74, 6) is 0. The Kier molecular flexibility index (Phi) is 4.55. The number of rotatable bonds is 4. The van der Waals surface area contributed by atoms with Gasteiger partial charge in [-0.3, -0.25) is 9.88 Å². The Morgan fingerprint density at radius 3 is 2.84 bits per heavy atom. The van der Waals surface area contributed by atoms with E-state index in [2.05, 4.69) is 60.2 Å². The van der Waals surface area contributed by atoms with Gasteiger partial charge in [-0.2, -0.15) is 0 Å². The standard InChI is InChI=1S/C15H26N4/c1-15(2)12-17-14(9-18(3)4)11-19(15)10-13-7-5-6-8-16-13/h5-8,14,17H,9-12H2,1-4H3. The molecule has 0 saturated carbocycles. The first kappa shape index (κ1) is 14.4. The summed E-state index contributed by atoms with van der Waals surface area (Å²) >= 11 is 0. The van der Waals surface area contributed by atoms with Gasteiger partial charge < -0.3 is 10.2 Å². The number of pyridine rings is 1. The van der Waals surface area contributed by atoms with Crippen LogP contribution in [0.15, 0.2) is 24.4 Å². The third-order valence-corrected chi connectivity index (χ3v) is 3.78. The summed E-state index contributed by atoms with van der Waals surface area (Å²) in [7, 11) is 4.26. The lowest BCUT2D eigenvalue weighted by Gasteiger charge is -2.46. The van der Waals surface area contributed by atoms with Crippen molar-refractivity contribution in [1.29, 1.82) is 0 Å². The van der Waals surface area contributed by atoms with E-state index in [1.54, 1.807) is 0 Å². The van der Waals surface area contributed by atoms with E-state index in [4.69, 9.17) is 0 Å². The Labute approximate surface area is 116 Å². The van der Waals surface area contributed by atoms with Gasteiger partial charge in [-0.25, -0.2) is 0 Å². The highest BCUT2D eigenvalue weighted by molar-refractivity contribution is 5.05. The fourth-order valence-corrected chi connectivity index (χ4v) is 2.61. The Morgan fingerprint density at radius 1 is 1.42 bits per heavy atom. The van der Waals surface area contributed by atoms with E-state index in [-0.39, 0.29) is 5.54 Å². The van der Waals surface area contributed by atoms with Gasteiger partial charge in [0, 0.05) is 44.0 Å². The molecular weight excluding hydrogens is 236 g/mol. The van der Waals surface area contributed by atoms with Crippen molar-refractivity contribution in [2.75, 3.05) is 33.7 Å². The van der Waals surface area contributed by atoms with Gasteiger partial charge in [0.1, 0.15) is 0 Å². The Hall–Kier alpha value is -0.970. The van der Waals surface area contributed by atoms with E-state index < -0.39 is 0 Å². The van der Waals surface area contributed by atoms with Crippen molar-refractivity contribution < 1.29 is 0 Å². The molecule has 0 radical (unpaired) electrons. The highest BCUT2D eigenvalue weighted by Crippen LogP contribution is 2.20. The summed E-state index contributed by atoms with van der Waals surface area (Å²) in [6.45, 7) is 8.71. The SMILES string of the molecule is CN(C)CC1CN(Cc2ccccn2)C(C)(C)CN1. The van der Waals surface area contributed by atoms with Gasteiger partial charge in [0.05, 0.1) is 5.69 Å². The second kappa shape index (κ2) is 5.99. The average Bonchev–Trinajstić information content (AvgIpc) is 2.34. The van der Waals surface area contributed by atoms with Crippen LogP contribution in [-0.2, 0) is 6.54 Å². The monoisotopic (exact) mass is 262 g/mol. The molecule has 106 valence electrons. The molecule has 0 spiro atoms. The van der Waals surface area contributed by atoms with E-state index in [0.717, 1.165) is 31.9 Å². The van der Waals surface area contributed by atoms with E-state index >= 15 is 0 Å². The molecule has 2 rings (SSSR count). The summed E-state index contributed by atoms with van der Waals surface area (Å²) in [4.78, 5) is 9.24. The summed E-state index contributed by atoms with van der Waals surface area (Å²) in [5, 5.41) is 3.65. The maximum atomic E-state index is 4.45. The van der Waals surface area contributed by atoms with Crippen LogP contribution < -0.4 is 5.32 Å². The molecule has 4 heteroatoms. The van der Waals surface area contributed by atoms with Gasteiger partial charge in [-0.1, -0.05) is 6.07 Å². The first-order valence-corrected chi connectivity index (χ1v) is 7.00. The molecule has 0 bridgehead atoms. The number of likely N-dealkylation sites (N-methyl/N-ethyl adjacent to an activating group) is 1. The molecule has 2 heterocycles. The Bertz CT molecular complexity index is 388. The number of hydrogen-bond donors (Lipinski definition) is 1. The largest absolute Gasteiger partial charge is 0.310 e. The third-order valence-electron chi connectivity index (χ3n) is 3.78. The van der Waals surface area contributed by atoms with Crippen molar-refractivity contribution in [2.24, 2.45) is 0 Å². The topological polar surface area (TPSA) is 31.4 Å². The van der Waals surface area contributed by atoms with Crippen LogP contribution in [-0.4, -0.2) is 60.1 Å². The van der Waals surface area contributed by atoms with Gasteiger partial charge >= 0.3 is 0 Å². The molecule has 19 heavy (non-hydrogen) atoms. The first-order valence-electron chi connectivity index (χ1n) is 7.00. The molecule has 1 N–H and O–H groups in total. The first-order chi connectivity index (χ1) is 8.97. The molecular formula is C15H26N4. The predicted molar refractivity (Wildman–Crippen MR) is 79.1 cm³/mol. The second-order valence-electron chi connectivity index (χ2n) is 6.35. The minimum Gasteiger partial charge on any atom is -0.310 e. The van der Waals surface area contributed by atoms with Crippen molar-refractivity contribution in [3.63, 3.8) is 0 Å². The van der Waals surface area contributed by atoms with Gasteiger partial charge in [-0.15, -0.1) is 0 Å². The normalized spacial score (nSPS) is 23.7. The number of aromatic nitrogens is 1. The highest BCUT2D eigenvalue weighted by Gasteiger charge is 2.34. The fraction of sp³-hybridized carbons (Fsp3) is 0.667. The fourth-order valence-electron chi connectivity index (χ4n) is 2.61. The molecule has 1 aliphatic heterocycles. The molecule has 1 fully saturated rings. The molecule has 1 unspecified atom stereocenters. The lowest BCUT2D eigenvalue weighted by molar-refractivity contribution is 0.0511. The molecule has 1 aliphatic rings. The number of hydrogen-bond acceptors (Lipinski definition) is 4. The minimum absolute atomic E-state index is 0.181. The van der Waals surface area contributed by atoms with E-state index in [1.807, 2.05) is 12.3 Å². The summed E-state index contributed by atoms with van der Waals surface area (Å²) in [5.41, 5.74) is 1.33. The van der Waals surface area contributed by atoms with Crippen molar-refractivity contribution in [1.82, 2.24) is 20.1 Å². The van der Waals surface area contributed by atoms with Crippen molar-refractivity contribution in [3.05, 3.63) is 30.1 Å². The van der Waals surface area contributed by atoms with Crippen LogP contribution in [0.25, 0.3) is 0 Å². The van der Waals surface area contributed by atoms with Crippen LogP contribution in [0, 0.1) is 0 Å². The van der Waals surface area contributed by atoms with Crippen LogP contribution in [0.1, 0.15) is 19.5 Å². The molecule has 0 aromatic carbocycles. The molecule has 1 atom stereocenters. The van der Waals surface area contributed by atoms with Crippen molar-refractivity contribution >= 4 is 0 Å². The molecule has 4 nitrogen and oxygen atoms in total. The maximum Gasteiger partial charge on any atom is 0.0544 e. The second-order valence-corrected chi connectivity index (χ2v) is 6.35. The van der Waals surface area contributed by atoms with E-state index in [9.17, 15) is 0 Å². The van der Waals surface area contributed by atoms with Gasteiger partial charge in [0.2, 0.25) is 0 Å². The van der Waals surface area contributed by atoms with Crippen LogP contribution in [0.2, 0.25) is 0 Å². The van der Waals surface area contributed by atoms with Crippen LogP contribution in [0.4, 0.5) is 0 Å². The van der Waals surface area contributed by atoms with Crippen LogP contribution >= 0.6 is 0 Å². The zero-order valence-corrected chi connectivity index (χ0v) is 12.6. The summed E-state index contributed by atoms with van der Waals surface area (Å²) in [6, 6.07) is 6.68. The quantitative estimate of drug-likeness (QED) is 0.883. The lowest BCUT2D eigenvalue weighted by Crippen LogP contribution is -2.63. The highest BCUT2D eigenvalue weighted by atomic mass is 15.3. The van der Waals surface area contributed by atoms with E-state index in [1.165, 1.54) is 0 Å². The molecule has 1 saturated heterocycles. The zero-order valence-electron chi connectivity index (χ0n) is 12.6. The van der Waals surface area contributed by atoms with Crippen molar-refractivity contribution in [2.45, 2.75) is 32.0 Å². The van der Waals surface area contributed by atoms with E-state index in [0.29, 0.717) is 6.04 Å². The van der Waals surface area contributed by atoms with Gasteiger partial charge in [0.25, 0.3) is 0 Å². The Balaban J connectivity index is 2.02. The molecule has 1 aromatic heterocycles. The summed E-state index contributed by atoms with van der Waals surface area (Å²) in [6.07, 6.45) is 1.88. The Morgan fingerprint density at radius 2 is 2.21 bits per heavy atom. The number of nitrogens with zero attached hydrogens (tertiary/aromatic N) is 3. The third kappa shape index (κ3) is 4.00. The van der Waals surface area contributed by atoms with Crippen LogP contribution in [0.5, 0.6) is 0 Å². The summed E-state index contributed by atoms with van der Waals surface area (Å²) < 4.78 is 0. The van der Waals surface area contributed by atoms with Gasteiger partial charge in [0.15, 0.2) is 0 Å². The predicted octanol–water partition coefficient (Wildman–Crippen LogP) is 1.20. The minimum atomic E-state index is 0.181. The number of nitrogens with one attached hydrogen (secondary N) is 1. The average molecular weight is 262 g/mol. The molecule has 1 aromatic rings. The zero-order chi connectivity index (χ0) is 13.9. The van der Waals surface area contributed by atoms with Crippen LogP contribution in [0.3, 0.4) is 0 Å². The maximum absolute atomic E-state index is 4.45. The number of piperazine rings is 1. The van der Waals surface area contributed by atoms with Gasteiger partial charge in [-0.05, 0) is 40.1 Å². The smallest absolute Gasteiger partial charge is 0.0544 e. The lowest BCUT2D eigenvalue weighted by atomic mass is 9.97. The molecule has 0 aliphatic carbocycles. The molecule has 0 amide bonds. The van der Waals surface area contributed by atoms with Crippen molar-refractivity contribution in [3.8, 4) is 0 Å².